The van der Waals surface area contributed by atoms with Crippen LogP contribution in [-0.2, 0) is 4.74 Å². The van der Waals surface area contributed by atoms with Gasteiger partial charge in [0.15, 0.2) is 0 Å². The van der Waals surface area contributed by atoms with Crippen LogP contribution in [0.3, 0.4) is 0 Å². The highest BCUT2D eigenvalue weighted by atomic mass is 16.6. The third kappa shape index (κ3) is 4.05. The number of ether oxygens (including phenoxy) is 1. The van der Waals surface area contributed by atoms with Crippen molar-refractivity contribution in [2.45, 2.75) is 5.92 Å². The fraction of sp³-hybridized carbons (Fsp3) is 0.130. The molecule has 1 amide bonds. The maximum atomic E-state index is 12.1. The van der Waals surface area contributed by atoms with E-state index in [9.17, 15) is 14.9 Å². The van der Waals surface area contributed by atoms with Crippen LogP contribution in [0.15, 0.2) is 72.9 Å². The number of alkyl carbamates (subject to hydrolysis) is 1. The molecule has 150 valence electrons. The molecule has 0 spiro atoms. The van der Waals surface area contributed by atoms with E-state index in [1.54, 1.807) is 18.2 Å². The molecule has 0 saturated carbocycles. The summed E-state index contributed by atoms with van der Waals surface area (Å²) in [4.78, 5) is 26.2. The van der Waals surface area contributed by atoms with Crippen molar-refractivity contribution in [1.29, 1.82) is 0 Å². The third-order valence-corrected chi connectivity index (χ3v) is 4.98. The fourth-order valence-corrected chi connectivity index (χ4v) is 3.58. The molecule has 1 N–H and O–H groups in total. The topological polar surface area (TPSA) is 94.4 Å². The normalized spacial score (nSPS) is 12.4. The van der Waals surface area contributed by atoms with Crippen LogP contribution in [0.5, 0.6) is 0 Å². The molecule has 4 rings (SSSR count). The Hall–Kier alpha value is -4.00. The van der Waals surface area contributed by atoms with Gasteiger partial charge in [0.25, 0.3) is 5.69 Å². The Morgan fingerprint density at radius 1 is 1.07 bits per heavy atom. The highest BCUT2D eigenvalue weighted by Crippen LogP contribution is 2.44. The van der Waals surface area contributed by atoms with Gasteiger partial charge in [0.2, 0.25) is 0 Å². The predicted molar refractivity (Wildman–Crippen MR) is 113 cm³/mol. The van der Waals surface area contributed by atoms with Gasteiger partial charge in [0.1, 0.15) is 12.8 Å². The number of nitro groups is 1. The minimum absolute atomic E-state index is 0.0167. The molecule has 7 heteroatoms. The summed E-state index contributed by atoms with van der Waals surface area (Å²) in [6.07, 6.45) is 4.07. The number of nitrogens with one attached hydrogen (secondary N) is 1. The van der Waals surface area contributed by atoms with Gasteiger partial charge in [-0.15, -0.1) is 0 Å². The molecule has 1 aliphatic carbocycles. The van der Waals surface area contributed by atoms with Crippen LogP contribution in [0.2, 0.25) is 0 Å². The summed E-state index contributed by atoms with van der Waals surface area (Å²) >= 11 is 0. The molecule has 30 heavy (non-hydrogen) atoms. The van der Waals surface area contributed by atoms with E-state index in [0.29, 0.717) is 5.69 Å². The first-order valence-corrected chi connectivity index (χ1v) is 9.49. The Morgan fingerprint density at radius 2 is 1.73 bits per heavy atom. The maximum absolute atomic E-state index is 12.1. The average molecular weight is 401 g/mol. The highest BCUT2D eigenvalue weighted by Gasteiger charge is 2.28. The monoisotopic (exact) mass is 401 g/mol. The number of aromatic nitrogens is 1. The van der Waals surface area contributed by atoms with Gasteiger partial charge in [-0.05, 0) is 34.4 Å². The zero-order valence-electron chi connectivity index (χ0n) is 16.0. The molecule has 0 atom stereocenters. The second-order valence-electron chi connectivity index (χ2n) is 6.81. The summed E-state index contributed by atoms with van der Waals surface area (Å²) in [5.74, 6) is 0.0167. The van der Waals surface area contributed by atoms with Crippen LogP contribution in [0, 0.1) is 10.1 Å². The Balaban J connectivity index is 1.31. The molecule has 0 fully saturated rings. The van der Waals surface area contributed by atoms with Crippen LogP contribution in [0.1, 0.15) is 22.7 Å². The molecule has 1 aliphatic rings. The molecule has 0 unspecified atom stereocenters. The Labute approximate surface area is 173 Å². The number of amides is 1. The summed E-state index contributed by atoms with van der Waals surface area (Å²) < 4.78 is 5.46. The summed E-state index contributed by atoms with van der Waals surface area (Å²) in [5.41, 5.74) is 5.19. The number of benzene rings is 2. The number of fused-ring (bicyclic) bond motifs is 3. The van der Waals surface area contributed by atoms with Crippen molar-refractivity contribution in [3.8, 4) is 11.1 Å². The minimum Gasteiger partial charge on any atom is -0.449 e. The van der Waals surface area contributed by atoms with Crippen LogP contribution in [-0.4, -0.2) is 29.2 Å². The third-order valence-electron chi connectivity index (χ3n) is 4.98. The maximum Gasteiger partial charge on any atom is 0.407 e. The fourth-order valence-electron chi connectivity index (χ4n) is 3.58. The van der Waals surface area contributed by atoms with Crippen molar-refractivity contribution in [3.05, 3.63) is 99.9 Å². The van der Waals surface area contributed by atoms with Gasteiger partial charge in [0.05, 0.1) is 10.6 Å². The first kappa shape index (κ1) is 19.3. The lowest BCUT2D eigenvalue weighted by molar-refractivity contribution is -0.385. The Morgan fingerprint density at radius 3 is 2.33 bits per heavy atom. The zero-order valence-corrected chi connectivity index (χ0v) is 16.0. The van der Waals surface area contributed by atoms with Crippen molar-refractivity contribution in [2.24, 2.45) is 0 Å². The van der Waals surface area contributed by atoms with Gasteiger partial charge < -0.3 is 10.1 Å². The number of pyridine rings is 1. The second-order valence-corrected chi connectivity index (χ2v) is 6.81. The molecule has 0 bridgehead atoms. The molecule has 0 radical (unpaired) electrons. The van der Waals surface area contributed by atoms with E-state index < -0.39 is 11.0 Å². The number of carbonyl (C=O) groups is 1. The summed E-state index contributed by atoms with van der Waals surface area (Å²) in [7, 11) is 0. The molecule has 1 heterocycles. The second kappa shape index (κ2) is 8.57. The quantitative estimate of drug-likeness (QED) is 0.483. The molecule has 1 aromatic heterocycles. The van der Waals surface area contributed by atoms with Crippen LogP contribution in [0.25, 0.3) is 17.2 Å². The van der Waals surface area contributed by atoms with Crippen molar-refractivity contribution < 1.29 is 14.5 Å². The van der Waals surface area contributed by atoms with Crippen molar-refractivity contribution in [2.75, 3.05) is 13.2 Å². The summed E-state index contributed by atoms with van der Waals surface area (Å²) in [6, 6.07) is 19.3. The van der Waals surface area contributed by atoms with Gasteiger partial charge in [0, 0.05) is 18.5 Å². The van der Waals surface area contributed by atoms with Gasteiger partial charge in [-0.1, -0.05) is 54.6 Å². The van der Waals surface area contributed by atoms with Crippen molar-refractivity contribution >= 4 is 17.9 Å². The molecular formula is C23H19N3O4. The lowest BCUT2D eigenvalue weighted by atomic mass is 9.98. The minimum atomic E-state index is -0.502. The SMILES string of the molecule is O=C(NCC=Cc1ccc([N+](=O)[O-])cn1)OCC1c2ccccc2-c2ccccc21. The largest absolute Gasteiger partial charge is 0.449 e. The number of hydrogen-bond acceptors (Lipinski definition) is 5. The number of carbonyl (C=O) groups excluding carboxylic acids is 1. The van der Waals surface area contributed by atoms with E-state index in [4.69, 9.17) is 4.74 Å². The van der Waals surface area contributed by atoms with E-state index in [-0.39, 0.29) is 24.8 Å². The van der Waals surface area contributed by atoms with Crippen molar-refractivity contribution in [1.82, 2.24) is 10.3 Å². The summed E-state index contributed by atoms with van der Waals surface area (Å²) in [6.45, 7) is 0.517. The van der Waals surface area contributed by atoms with Crippen molar-refractivity contribution in [3.63, 3.8) is 0 Å². The van der Waals surface area contributed by atoms with E-state index in [1.807, 2.05) is 24.3 Å². The van der Waals surface area contributed by atoms with E-state index in [0.717, 1.165) is 11.1 Å². The van der Waals surface area contributed by atoms with Crippen LogP contribution in [0.4, 0.5) is 10.5 Å². The Bertz CT molecular complexity index is 1060. The van der Waals surface area contributed by atoms with E-state index in [2.05, 4.69) is 34.6 Å². The van der Waals surface area contributed by atoms with Gasteiger partial charge >= 0.3 is 6.09 Å². The average Bonchev–Trinajstić information content (AvgIpc) is 3.09. The molecule has 2 aromatic carbocycles. The first-order chi connectivity index (χ1) is 14.6. The molecule has 7 nitrogen and oxygen atoms in total. The number of hydrogen-bond donors (Lipinski definition) is 1. The molecule has 3 aromatic rings. The highest BCUT2D eigenvalue weighted by molar-refractivity contribution is 5.79. The van der Waals surface area contributed by atoms with Crippen LogP contribution >= 0.6 is 0 Å². The predicted octanol–water partition coefficient (Wildman–Crippen LogP) is 4.54. The lowest BCUT2D eigenvalue weighted by Crippen LogP contribution is -2.26. The van der Waals surface area contributed by atoms with Gasteiger partial charge in [-0.2, -0.15) is 0 Å². The number of nitrogens with zero attached hydrogens (tertiary/aromatic N) is 2. The zero-order chi connectivity index (χ0) is 20.9. The smallest absolute Gasteiger partial charge is 0.407 e. The molecular weight excluding hydrogens is 382 g/mol. The van der Waals surface area contributed by atoms with Gasteiger partial charge in [-0.3, -0.25) is 10.1 Å². The first-order valence-electron chi connectivity index (χ1n) is 9.49. The number of rotatable bonds is 6. The standard InChI is InChI=1S/C23H19N3O4/c27-23(24-13-5-6-16-11-12-17(14-25-16)26(28)29)30-15-22-20-9-3-1-7-18(20)19-8-2-4-10-21(19)22/h1-12,14,22H,13,15H2,(H,24,27). The molecule has 0 aliphatic heterocycles. The van der Waals surface area contributed by atoms with E-state index in [1.165, 1.54) is 23.4 Å². The van der Waals surface area contributed by atoms with E-state index >= 15 is 0 Å². The van der Waals surface area contributed by atoms with Crippen LogP contribution < -0.4 is 5.32 Å². The molecule has 0 saturated heterocycles. The summed E-state index contributed by atoms with van der Waals surface area (Å²) in [5, 5.41) is 13.3. The lowest BCUT2D eigenvalue weighted by Gasteiger charge is -2.14. The Kier molecular flexibility index (Phi) is 5.52. The van der Waals surface area contributed by atoms with Gasteiger partial charge in [-0.25, -0.2) is 9.78 Å².